The Bertz CT molecular complexity index is 2110. The Kier molecular flexibility index (Phi) is 18.9. The van der Waals surface area contributed by atoms with Crippen LogP contribution in [-0.4, -0.2) is 227 Å². The fraction of sp³-hybridized carbons (Fsp3) is 0.965. The predicted molar refractivity (Wildman–Crippen MR) is 275 cm³/mol. The van der Waals surface area contributed by atoms with Gasteiger partial charge in [0.1, 0.15) is 48.8 Å². The van der Waals surface area contributed by atoms with Crippen molar-refractivity contribution in [2.75, 3.05) is 35.0 Å². The second-order valence-electron chi connectivity index (χ2n) is 25.1. The zero-order valence-corrected chi connectivity index (χ0v) is 48.7. The lowest BCUT2D eigenvalue weighted by atomic mass is 9.52. The van der Waals surface area contributed by atoms with Crippen LogP contribution in [0.3, 0.4) is 0 Å². The van der Waals surface area contributed by atoms with Gasteiger partial charge in [-0.25, -0.2) is 0 Å². The first kappa shape index (κ1) is 61.4. The number of hydrogen-bond acceptors (Lipinski definition) is 23. The van der Waals surface area contributed by atoms with Crippen molar-refractivity contribution in [2.24, 2.45) is 28.6 Å². The first-order valence-corrected chi connectivity index (χ1v) is 29.5. The molecule has 458 valence electrons. The molecule has 0 aromatic heterocycles. The second-order valence-corrected chi connectivity index (χ2v) is 25.1. The monoisotopic (exact) mass is 1140 g/mol. The number of hydrogen-bond donors (Lipinski definition) is 4. The lowest BCUT2D eigenvalue weighted by molar-refractivity contribution is -0.359. The first-order valence-electron chi connectivity index (χ1n) is 29.5. The lowest BCUT2D eigenvalue weighted by Crippen LogP contribution is -2.62. The highest BCUT2D eigenvalue weighted by molar-refractivity contribution is 5.93. The number of methoxy groups -OCH3 is 4. The number of carbonyl (C=O) groups excluding carboxylic acids is 2. The Morgan fingerprint density at radius 1 is 0.575 bits per heavy atom. The summed E-state index contributed by atoms with van der Waals surface area (Å²) >= 11 is 0. The third-order valence-corrected chi connectivity index (χ3v) is 20.5. The summed E-state index contributed by atoms with van der Waals surface area (Å²) in [4.78, 5) is 26.0. The molecule has 10 rings (SSSR count). The number of aliphatic hydroxyl groups is 4. The smallest absolute Gasteiger partial charge is 0.303 e. The molecule has 80 heavy (non-hydrogen) atoms. The van der Waals surface area contributed by atoms with Crippen LogP contribution >= 0.6 is 0 Å². The number of Topliss-reactive ketones (excluding diaryl/α,β-unsaturated/α-hetero) is 1. The molecule has 7 heterocycles. The highest BCUT2D eigenvalue weighted by Gasteiger charge is 2.72. The average molecular weight is 1150 g/mol. The molecule has 23 heteroatoms. The number of ketones is 1. The van der Waals surface area contributed by atoms with E-state index in [0.717, 1.165) is 38.5 Å². The predicted octanol–water partition coefficient (Wildman–Crippen LogP) is 2.96. The van der Waals surface area contributed by atoms with E-state index in [-0.39, 0.29) is 60.0 Å². The SMILES string of the molecule is COC1CC(OC2CCC3(C)C(CCC45OC(C)C6CC(OC(C)=O)C(=O)C6(C)C(CC43)O5)C2)OC(C)C1OC1CC(OC)C(OC2CC(OC)C(OC3CC(OC)C(OC4OC(CO)C(O)C(O)C4O)C(C)O3)C(C)O2)C(C)O1. The molecular weight excluding hydrogens is 1050 g/mol. The Hall–Kier alpha value is -1.66. The van der Waals surface area contributed by atoms with E-state index in [4.69, 9.17) is 80.5 Å². The van der Waals surface area contributed by atoms with Crippen LogP contribution in [0.2, 0.25) is 0 Å². The van der Waals surface area contributed by atoms with Crippen LogP contribution in [0, 0.1) is 28.6 Å². The highest BCUT2D eigenvalue weighted by atomic mass is 16.8. The number of esters is 1. The zero-order chi connectivity index (χ0) is 57.3. The van der Waals surface area contributed by atoms with E-state index in [1.54, 1.807) is 28.3 Å². The van der Waals surface area contributed by atoms with Crippen molar-refractivity contribution in [1.82, 2.24) is 0 Å². The molecule has 0 amide bonds. The van der Waals surface area contributed by atoms with Crippen molar-refractivity contribution < 1.29 is 111 Å². The van der Waals surface area contributed by atoms with Crippen LogP contribution in [0.5, 0.6) is 0 Å². The Balaban J connectivity index is 0.693. The molecular formula is C57H92O23. The topological polar surface area (TPSA) is 272 Å². The third kappa shape index (κ3) is 11.5. The summed E-state index contributed by atoms with van der Waals surface area (Å²) in [5.41, 5.74) is -0.875. The largest absolute Gasteiger partial charge is 0.455 e. The van der Waals surface area contributed by atoms with Crippen molar-refractivity contribution in [3.05, 3.63) is 0 Å². The Labute approximate surface area is 470 Å². The number of rotatable bonds is 16. The van der Waals surface area contributed by atoms with Gasteiger partial charge in [-0.1, -0.05) is 6.92 Å². The minimum Gasteiger partial charge on any atom is -0.455 e. The van der Waals surface area contributed by atoms with Crippen molar-refractivity contribution >= 4 is 11.8 Å². The maximum Gasteiger partial charge on any atom is 0.303 e. The van der Waals surface area contributed by atoms with Gasteiger partial charge in [-0.3, -0.25) is 9.59 Å². The molecule has 31 atom stereocenters. The van der Waals surface area contributed by atoms with Crippen LogP contribution in [-0.2, 0) is 90.1 Å². The molecule has 7 saturated heterocycles. The van der Waals surface area contributed by atoms with Gasteiger partial charge in [0.05, 0.1) is 79.2 Å². The van der Waals surface area contributed by atoms with Gasteiger partial charge in [-0.15, -0.1) is 0 Å². The van der Waals surface area contributed by atoms with Gasteiger partial charge in [0.15, 0.2) is 49.1 Å². The zero-order valence-electron chi connectivity index (χ0n) is 48.7. The van der Waals surface area contributed by atoms with Crippen molar-refractivity contribution in [3.8, 4) is 0 Å². The maximum atomic E-state index is 14.0. The van der Waals surface area contributed by atoms with Crippen molar-refractivity contribution in [3.63, 3.8) is 0 Å². The number of fused-ring (bicyclic) bond motifs is 5. The van der Waals surface area contributed by atoms with Gasteiger partial charge >= 0.3 is 5.97 Å². The first-order chi connectivity index (χ1) is 38.1. The van der Waals surface area contributed by atoms with Crippen LogP contribution < -0.4 is 0 Å². The molecule has 2 bridgehead atoms. The normalized spacial score (nSPS) is 53.3. The van der Waals surface area contributed by atoms with Crippen LogP contribution in [0.25, 0.3) is 0 Å². The standard InChI is InChI=1S/C57H92O23/c1-25-33-18-38(72-30(6)59)53(63)56(33,8)41-23-40-55(7)15-14-32(17-31(55)13-16-57(40,79-25)80-41)73-42-19-34(64-9)49(26(2)68-42)75-43-20-35(65-10)50(27(3)69-43)76-44-21-36(66-11)51(28(4)70-44)77-45-22-37(67-12)52(29(5)71-45)78-54-48(62)47(61)46(60)39(24-58)74-54/h25-29,31-52,54,58,60-62H,13-24H2,1-12H3. The third-order valence-electron chi connectivity index (χ3n) is 20.5. The molecule has 31 unspecified atom stereocenters. The van der Waals surface area contributed by atoms with Crippen molar-refractivity contribution in [1.29, 1.82) is 0 Å². The van der Waals surface area contributed by atoms with Gasteiger partial charge in [-0.05, 0) is 91.4 Å². The van der Waals surface area contributed by atoms with E-state index in [1.165, 1.54) is 14.0 Å². The molecule has 0 aromatic carbocycles. The van der Waals surface area contributed by atoms with E-state index >= 15 is 0 Å². The summed E-state index contributed by atoms with van der Waals surface area (Å²) in [6.07, 6.45) is -10.2. The average Bonchev–Trinajstić information content (AvgIpc) is 3.71. The molecule has 7 aliphatic heterocycles. The Morgan fingerprint density at radius 3 is 1.54 bits per heavy atom. The number of aliphatic hydroxyl groups excluding tert-OH is 4. The van der Waals surface area contributed by atoms with Gasteiger partial charge in [-0.2, -0.15) is 0 Å². The summed E-state index contributed by atoms with van der Waals surface area (Å²) < 4.78 is 108. The number of carbonyl (C=O) groups is 2. The van der Waals surface area contributed by atoms with Crippen LogP contribution in [0.15, 0.2) is 0 Å². The highest BCUT2D eigenvalue weighted by Crippen LogP contribution is 2.67. The fourth-order valence-electron chi connectivity index (χ4n) is 16.1. The lowest BCUT2D eigenvalue weighted by Gasteiger charge is -2.57. The summed E-state index contributed by atoms with van der Waals surface area (Å²) in [5.74, 6) is -0.848. The summed E-state index contributed by atoms with van der Waals surface area (Å²) in [7, 11) is 6.46. The van der Waals surface area contributed by atoms with Crippen molar-refractivity contribution in [2.45, 2.75) is 285 Å². The van der Waals surface area contributed by atoms with E-state index in [1.807, 2.05) is 27.7 Å². The van der Waals surface area contributed by atoms with E-state index in [9.17, 15) is 30.0 Å². The van der Waals surface area contributed by atoms with Crippen LogP contribution in [0.1, 0.15) is 126 Å². The second kappa shape index (κ2) is 24.6. The molecule has 3 saturated carbocycles. The van der Waals surface area contributed by atoms with Crippen LogP contribution in [0.4, 0.5) is 0 Å². The maximum absolute atomic E-state index is 14.0. The summed E-state index contributed by atoms with van der Waals surface area (Å²) in [6.45, 7) is 14.8. The molecule has 10 fully saturated rings. The Morgan fingerprint density at radius 2 is 1.06 bits per heavy atom. The summed E-state index contributed by atoms with van der Waals surface area (Å²) in [6, 6.07) is 0. The molecule has 3 aliphatic carbocycles. The summed E-state index contributed by atoms with van der Waals surface area (Å²) in [5, 5.41) is 40.9. The molecule has 1 spiro atoms. The van der Waals surface area contributed by atoms with Gasteiger partial charge in [0.25, 0.3) is 0 Å². The van der Waals surface area contributed by atoms with E-state index in [0.29, 0.717) is 31.6 Å². The van der Waals surface area contributed by atoms with E-state index in [2.05, 4.69) is 13.8 Å². The van der Waals surface area contributed by atoms with Gasteiger partial charge in [0.2, 0.25) is 0 Å². The molecule has 10 aliphatic rings. The van der Waals surface area contributed by atoms with Gasteiger partial charge in [0, 0.05) is 79.3 Å². The minimum absolute atomic E-state index is 0.0117. The van der Waals surface area contributed by atoms with Gasteiger partial charge < -0.3 is 101 Å². The molecule has 0 radical (unpaired) electrons. The molecule has 0 aromatic rings. The molecule has 23 nitrogen and oxygen atoms in total. The minimum atomic E-state index is -1.59. The number of ether oxygens (including phenoxy) is 17. The fourth-order valence-corrected chi connectivity index (χ4v) is 16.1. The van der Waals surface area contributed by atoms with E-state index < -0.39 is 147 Å². The quantitative estimate of drug-likeness (QED) is 0.128. The molecule has 4 N–H and O–H groups in total.